The van der Waals surface area contributed by atoms with E-state index in [0.717, 1.165) is 11.3 Å². The summed E-state index contributed by atoms with van der Waals surface area (Å²) in [4.78, 5) is 14.0. The van der Waals surface area contributed by atoms with Crippen LogP contribution >= 0.6 is 0 Å². The zero-order valence-corrected chi connectivity index (χ0v) is 13.0. The van der Waals surface area contributed by atoms with E-state index in [0.29, 0.717) is 32.2 Å². The van der Waals surface area contributed by atoms with E-state index in [1.54, 1.807) is 7.11 Å². The lowest BCUT2D eigenvalue weighted by molar-refractivity contribution is -0.128. The normalized spacial score (nSPS) is 19.9. The molecule has 5 nitrogen and oxygen atoms in total. The van der Waals surface area contributed by atoms with Crippen LogP contribution in [0.2, 0.25) is 0 Å². The molecule has 1 N–H and O–H groups in total. The first-order chi connectivity index (χ1) is 10.2. The number of nitrogens with one attached hydrogen (secondary N) is 1. The number of hydrogen-bond donors (Lipinski definition) is 1. The van der Waals surface area contributed by atoms with Crippen molar-refractivity contribution in [3.63, 3.8) is 0 Å². The summed E-state index contributed by atoms with van der Waals surface area (Å²) in [5.74, 6) is 1.30. The van der Waals surface area contributed by atoms with Gasteiger partial charge in [-0.2, -0.15) is 0 Å². The van der Waals surface area contributed by atoms with E-state index >= 15 is 0 Å². The number of carbonyl (C=O) groups excluding carboxylic acids is 1. The van der Waals surface area contributed by atoms with Gasteiger partial charge in [0.2, 0.25) is 5.91 Å². The van der Waals surface area contributed by atoms with E-state index in [-0.39, 0.29) is 12.1 Å². The lowest BCUT2D eigenvalue weighted by Crippen LogP contribution is -2.35. The third kappa shape index (κ3) is 3.95. The standard InChI is InChI=1S/C16H24N2O3/c1-4-21-14-7-5-13(6-8-14)16-17-9-15(19)18(16)10-12(2)11-20-3/h5-8,12,16-17H,4,9-11H2,1-3H3. The predicted octanol–water partition coefficient (Wildman–Crippen LogP) is 1.80. The SMILES string of the molecule is CCOc1ccc(C2NCC(=O)N2CC(C)COC)cc1. The van der Waals surface area contributed by atoms with E-state index in [1.807, 2.05) is 36.1 Å². The average molecular weight is 292 g/mol. The van der Waals surface area contributed by atoms with Crippen molar-refractivity contribution in [3.8, 4) is 5.75 Å². The van der Waals surface area contributed by atoms with E-state index in [1.165, 1.54) is 0 Å². The molecular formula is C16H24N2O3. The van der Waals surface area contributed by atoms with E-state index in [2.05, 4.69) is 12.2 Å². The second-order valence-corrected chi connectivity index (χ2v) is 5.39. The van der Waals surface area contributed by atoms with Crippen molar-refractivity contribution in [1.29, 1.82) is 0 Å². The summed E-state index contributed by atoms with van der Waals surface area (Å²) in [7, 11) is 1.69. The van der Waals surface area contributed by atoms with Crippen LogP contribution in [0, 0.1) is 5.92 Å². The fraction of sp³-hybridized carbons (Fsp3) is 0.562. The Balaban J connectivity index is 2.07. The summed E-state index contributed by atoms with van der Waals surface area (Å²) in [6.45, 7) is 6.43. The number of nitrogens with zero attached hydrogens (tertiary/aromatic N) is 1. The molecule has 1 saturated heterocycles. The van der Waals surface area contributed by atoms with E-state index in [9.17, 15) is 4.79 Å². The molecule has 1 aromatic carbocycles. The minimum Gasteiger partial charge on any atom is -0.494 e. The summed E-state index contributed by atoms with van der Waals surface area (Å²) < 4.78 is 10.6. The summed E-state index contributed by atoms with van der Waals surface area (Å²) in [5, 5.41) is 3.27. The fourth-order valence-electron chi connectivity index (χ4n) is 2.63. The molecule has 0 spiro atoms. The molecule has 2 rings (SSSR count). The predicted molar refractivity (Wildman–Crippen MR) is 81.1 cm³/mol. The second kappa shape index (κ2) is 7.43. The molecule has 1 aliphatic rings. The minimum absolute atomic E-state index is 0.0625. The molecule has 0 aromatic heterocycles. The first-order valence-corrected chi connectivity index (χ1v) is 7.40. The molecule has 1 aromatic rings. The quantitative estimate of drug-likeness (QED) is 0.832. The summed E-state index contributed by atoms with van der Waals surface area (Å²) >= 11 is 0. The largest absolute Gasteiger partial charge is 0.494 e. The molecule has 1 amide bonds. The number of amides is 1. The number of methoxy groups -OCH3 is 1. The molecule has 1 heterocycles. The zero-order chi connectivity index (χ0) is 15.2. The van der Waals surface area contributed by atoms with Gasteiger partial charge in [-0.3, -0.25) is 10.1 Å². The average Bonchev–Trinajstić information content (AvgIpc) is 2.82. The molecule has 0 bridgehead atoms. The van der Waals surface area contributed by atoms with Gasteiger partial charge in [0, 0.05) is 13.7 Å². The van der Waals surface area contributed by atoms with Crippen molar-refractivity contribution in [2.75, 3.05) is 33.4 Å². The second-order valence-electron chi connectivity index (χ2n) is 5.39. The highest BCUT2D eigenvalue weighted by Crippen LogP contribution is 2.25. The maximum atomic E-state index is 12.1. The van der Waals surface area contributed by atoms with Crippen LogP contribution < -0.4 is 10.1 Å². The van der Waals surface area contributed by atoms with Crippen LogP contribution in [-0.2, 0) is 9.53 Å². The Kier molecular flexibility index (Phi) is 5.59. The highest BCUT2D eigenvalue weighted by atomic mass is 16.5. The maximum absolute atomic E-state index is 12.1. The molecule has 5 heteroatoms. The van der Waals surface area contributed by atoms with Crippen LogP contribution in [-0.4, -0.2) is 44.2 Å². The molecule has 0 saturated carbocycles. The summed E-state index contributed by atoms with van der Waals surface area (Å²) in [6.07, 6.45) is -0.0625. The third-order valence-corrected chi connectivity index (χ3v) is 3.55. The lowest BCUT2D eigenvalue weighted by atomic mass is 10.1. The van der Waals surface area contributed by atoms with Gasteiger partial charge in [0.1, 0.15) is 11.9 Å². The van der Waals surface area contributed by atoms with E-state index in [4.69, 9.17) is 9.47 Å². The molecule has 1 aliphatic heterocycles. The zero-order valence-electron chi connectivity index (χ0n) is 13.0. The Labute approximate surface area is 126 Å². The maximum Gasteiger partial charge on any atom is 0.238 e. The van der Waals surface area contributed by atoms with Gasteiger partial charge in [-0.25, -0.2) is 0 Å². The third-order valence-electron chi connectivity index (χ3n) is 3.55. The highest BCUT2D eigenvalue weighted by Gasteiger charge is 2.32. The fourth-order valence-corrected chi connectivity index (χ4v) is 2.63. The Bertz CT molecular complexity index is 461. The number of rotatable bonds is 7. The van der Waals surface area contributed by atoms with Crippen LogP contribution in [0.5, 0.6) is 5.75 Å². The van der Waals surface area contributed by atoms with Crippen LogP contribution in [0.1, 0.15) is 25.6 Å². The number of ether oxygens (including phenoxy) is 2. The van der Waals surface area contributed by atoms with Crippen LogP contribution in [0.4, 0.5) is 0 Å². The summed E-state index contributed by atoms with van der Waals surface area (Å²) in [6, 6.07) is 7.91. The Morgan fingerprint density at radius 1 is 1.38 bits per heavy atom. The van der Waals surface area contributed by atoms with Gasteiger partial charge in [-0.05, 0) is 30.5 Å². The number of benzene rings is 1. The Morgan fingerprint density at radius 3 is 2.71 bits per heavy atom. The first kappa shape index (κ1) is 15.8. The molecular weight excluding hydrogens is 268 g/mol. The number of hydrogen-bond acceptors (Lipinski definition) is 4. The first-order valence-electron chi connectivity index (χ1n) is 7.40. The molecule has 2 unspecified atom stereocenters. The van der Waals surface area contributed by atoms with Gasteiger partial charge in [0.15, 0.2) is 0 Å². The number of carbonyl (C=O) groups is 1. The highest BCUT2D eigenvalue weighted by molar-refractivity contribution is 5.81. The summed E-state index contributed by atoms with van der Waals surface area (Å²) in [5.41, 5.74) is 1.08. The lowest BCUT2D eigenvalue weighted by Gasteiger charge is -2.27. The minimum atomic E-state index is -0.0625. The van der Waals surface area contributed by atoms with Crippen LogP contribution in [0.15, 0.2) is 24.3 Å². The van der Waals surface area contributed by atoms with Crippen LogP contribution in [0.3, 0.4) is 0 Å². The van der Waals surface area contributed by atoms with Gasteiger partial charge in [-0.15, -0.1) is 0 Å². The molecule has 0 radical (unpaired) electrons. The van der Waals surface area contributed by atoms with Crippen molar-refractivity contribution in [3.05, 3.63) is 29.8 Å². The molecule has 2 atom stereocenters. The van der Waals surface area contributed by atoms with Gasteiger partial charge in [0.05, 0.1) is 19.8 Å². The van der Waals surface area contributed by atoms with Crippen molar-refractivity contribution in [2.45, 2.75) is 20.0 Å². The van der Waals surface area contributed by atoms with Crippen LogP contribution in [0.25, 0.3) is 0 Å². The molecule has 116 valence electrons. The van der Waals surface area contributed by atoms with E-state index < -0.39 is 0 Å². The van der Waals surface area contributed by atoms with Crippen molar-refractivity contribution in [2.24, 2.45) is 5.92 Å². The van der Waals surface area contributed by atoms with Gasteiger partial charge >= 0.3 is 0 Å². The van der Waals surface area contributed by atoms with Crippen molar-refractivity contribution >= 4 is 5.91 Å². The molecule has 21 heavy (non-hydrogen) atoms. The smallest absolute Gasteiger partial charge is 0.238 e. The Hall–Kier alpha value is -1.59. The van der Waals surface area contributed by atoms with Crippen molar-refractivity contribution < 1.29 is 14.3 Å². The van der Waals surface area contributed by atoms with Gasteiger partial charge < -0.3 is 14.4 Å². The molecule has 0 aliphatic carbocycles. The van der Waals surface area contributed by atoms with Gasteiger partial charge in [-0.1, -0.05) is 19.1 Å². The van der Waals surface area contributed by atoms with Gasteiger partial charge in [0.25, 0.3) is 0 Å². The monoisotopic (exact) mass is 292 g/mol. The topological polar surface area (TPSA) is 50.8 Å². The molecule has 1 fully saturated rings. The Morgan fingerprint density at radius 2 is 2.10 bits per heavy atom. The van der Waals surface area contributed by atoms with Crippen molar-refractivity contribution in [1.82, 2.24) is 10.2 Å².